The van der Waals surface area contributed by atoms with Crippen molar-refractivity contribution in [3.8, 4) is 11.5 Å². The van der Waals surface area contributed by atoms with Crippen molar-refractivity contribution in [3.63, 3.8) is 0 Å². The predicted molar refractivity (Wildman–Crippen MR) is 111 cm³/mol. The molecule has 3 rings (SSSR count). The minimum Gasteiger partial charge on any atom is -0.497 e. The molecule has 1 fully saturated rings. The first-order chi connectivity index (χ1) is 14.1. The fraction of sp³-hybridized carbons (Fsp3) is 0.409. The zero-order chi connectivity index (χ0) is 20.8. The number of methoxy groups -OCH3 is 2. The van der Waals surface area contributed by atoms with Crippen molar-refractivity contribution in [1.29, 1.82) is 0 Å². The molecule has 1 aliphatic rings. The Balaban J connectivity index is 1.80. The average molecular weight is 397 g/mol. The first kappa shape index (κ1) is 20.6. The van der Waals surface area contributed by atoms with Gasteiger partial charge in [-0.2, -0.15) is 0 Å². The summed E-state index contributed by atoms with van der Waals surface area (Å²) in [6, 6.07) is 8.59. The third-order valence-electron chi connectivity index (χ3n) is 5.25. The number of pyridine rings is 1. The minimum atomic E-state index is -0.420. The van der Waals surface area contributed by atoms with Crippen LogP contribution in [0, 0.1) is 0 Å². The van der Waals surface area contributed by atoms with Crippen LogP contribution in [0.1, 0.15) is 53.5 Å². The monoisotopic (exact) mass is 397 g/mol. The lowest BCUT2D eigenvalue weighted by Crippen LogP contribution is -2.43. The highest BCUT2D eigenvalue weighted by molar-refractivity contribution is 6.05. The first-order valence-corrected chi connectivity index (χ1v) is 9.87. The van der Waals surface area contributed by atoms with E-state index in [-0.39, 0.29) is 17.6 Å². The Morgan fingerprint density at radius 3 is 2.72 bits per heavy atom. The largest absolute Gasteiger partial charge is 0.497 e. The highest BCUT2D eigenvalue weighted by Crippen LogP contribution is 2.29. The van der Waals surface area contributed by atoms with Crippen molar-refractivity contribution < 1.29 is 19.1 Å². The number of nitrogens with zero attached hydrogens (tertiary/aromatic N) is 2. The van der Waals surface area contributed by atoms with Gasteiger partial charge in [-0.1, -0.05) is 6.92 Å². The second kappa shape index (κ2) is 9.41. The topological polar surface area (TPSA) is 80.8 Å². The molecule has 2 amide bonds. The summed E-state index contributed by atoms with van der Waals surface area (Å²) in [6.45, 7) is 2.85. The molecule has 1 unspecified atom stereocenters. The SMILES string of the molecule is CCC1CCCCN1C(=O)c1ccnc(C(=O)Nc2cc(OC)ccc2OC)c1. The van der Waals surface area contributed by atoms with Gasteiger partial charge in [0.05, 0.1) is 19.9 Å². The number of anilines is 1. The summed E-state index contributed by atoms with van der Waals surface area (Å²) in [7, 11) is 3.08. The molecule has 2 aromatic rings. The van der Waals surface area contributed by atoms with Crippen LogP contribution in [-0.4, -0.2) is 48.5 Å². The Morgan fingerprint density at radius 1 is 1.17 bits per heavy atom. The van der Waals surface area contributed by atoms with Crippen LogP contribution in [0.3, 0.4) is 0 Å². The second-order valence-corrected chi connectivity index (χ2v) is 7.01. The normalized spacial score (nSPS) is 16.2. The van der Waals surface area contributed by atoms with Crippen LogP contribution in [0.4, 0.5) is 5.69 Å². The minimum absolute atomic E-state index is 0.0491. The predicted octanol–water partition coefficient (Wildman–Crippen LogP) is 3.76. The Kier molecular flexibility index (Phi) is 6.69. The van der Waals surface area contributed by atoms with E-state index in [0.29, 0.717) is 22.7 Å². The van der Waals surface area contributed by atoms with Crippen LogP contribution in [0.15, 0.2) is 36.5 Å². The molecular weight excluding hydrogens is 370 g/mol. The van der Waals surface area contributed by atoms with Crippen molar-refractivity contribution in [2.75, 3.05) is 26.1 Å². The molecule has 29 heavy (non-hydrogen) atoms. The van der Waals surface area contributed by atoms with Gasteiger partial charge in [0.25, 0.3) is 11.8 Å². The van der Waals surface area contributed by atoms with Crippen molar-refractivity contribution in [3.05, 3.63) is 47.8 Å². The fourth-order valence-electron chi connectivity index (χ4n) is 3.64. The fourth-order valence-corrected chi connectivity index (χ4v) is 3.64. The lowest BCUT2D eigenvalue weighted by atomic mass is 9.99. The molecule has 0 bridgehead atoms. The maximum Gasteiger partial charge on any atom is 0.274 e. The smallest absolute Gasteiger partial charge is 0.274 e. The van der Waals surface area contributed by atoms with Crippen LogP contribution < -0.4 is 14.8 Å². The molecule has 1 aliphatic heterocycles. The number of hydrogen-bond acceptors (Lipinski definition) is 5. The van der Waals surface area contributed by atoms with E-state index in [0.717, 1.165) is 32.2 Å². The molecule has 154 valence electrons. The molecular formula is C22H27N3O4. The molecule has 1 atom stereocenters. The number of nitrogens with one attached hydrogen (secondary N) is 1. The summed E-state index contributed by atoms with van der Waals surface area (Å²) in [5, 5.41) is 2.79. The summed E-state index contributed by atoms with van der Waals surface area (Å²) in [5.74, 6) is 0.628. The van der Waals surface area contributed by atoms with Crippen LogP contribution in [0.25, 0.3) is 0 Å². The lowest BCUT2D eigenvalue weighted by Gasteiger charge is -2.35. The number of piperidine rings is 1. The molecule has 2 heterocycles. The highest BCUT2D eigenvalue weighted by atomic mass is 16.5. The number of ether oxygens (including phenoxy) is 2. The molecule has 7 heteroatoms. The molecule has 1 N–H and O–H groups in total. The van der Waals surface area contributed by atoms with Crippen LogP contribution in [0.2, 0.25) is 0 Å². The lowest BCUT2D eigenvalue weighted by molar-refractivity contribution is 0.0608. The standard InChI is InChI=1S/C22H27N3O4/c1-4-16-7-5-6-12-25(16)22(27)15-10-11-23-19(13-15)21(26)24-18-14-17(28-2)8-9-20(18)29-3/h8-11,13-14,16H,4-7,12H2,1-3H3,(H,24,26). The van der Waals surface area contributed by atoms with Gasteiger partial charge in [0.1, 0.15) is 17.2 Å². The Hall–Kier alpha value is -3.09. The van der Waals surface area contributed by atoms with Crippen LogP contribution in [-0.2, 0) is 0 Å². The van der Waals surface area contributed by atoms with Gasteiger partial charge in [0, 0.05) is 30.4 Å². The van der Waals surface area contributed by atoms with Crippen molar-refractivity contribution in [2.24, 2.45) is 0 Å². The maximum atomic E-state index is 13.0. The van der Waals surface area contributed by atoms with E-state index in [4.69, 9.17) is 9.47 Å². The molecule has 1 saturated heterocycles. The van der Waals surface area contributed by atoms with Gasteiger partial charge in [-0.3, -0.25) is 14.6 Å². The number of carbonyl (C=O) groups excluding carboxylic acids is 2. The van der Waals surface area contributed by atoms with Gasteiger partial charge in [0.15, 0.2) is 0 Å². The quantitative estimate of drug-likeness (QED) is 0.803. The van der Waals surface area contributed by atoms with E-state index in [1.807, 2.05) is 4.90 Å². The van der Waals surface area contributed by atoms with Gasteiger partial charge in [-0.05, 0) is 49.9 Å². The number of likely N-dealkylation sites (tertiary alicyclic amines) is 1. The van der Waals surface area contributed by atoms with Crippen molar-refractivity contribution in [1.82, 2.24) is 9.88 Å². The van der Waals surface area contributed by atoms with E-state index < -0.39 is 5.91 Å². The van der Waals surface area contributed by atoms with Crippen LogP contribution >= 0.6 is 0 Å². The molecule has 0 aliphatic carbocycles. The van der Waals surface area contributed by atoms with E-state index in [2.05, 4.69) is 17.2 Å². The Labute approximate surface area is 171 Å². The number of rotatable bonds is 6. The Morgan fingerprint density at radius 2 is 2.00 bits per heavy atom. The number of aromatic nitrogens is 1. The molecule has 0 saturated carbocycles. The van der Waals surface area contributed by atoms with Gasteiger partial charge in [0.2, 0.25) is 0 Å². The molecule has 1 aromatic carbocycles. The number of hydrogen-bond donors (Lipinski definition) is 1. The van der Waals surface area contributed by atoms with Gasteiger partial charge in [-0.25, -0.2) is 0 Å². The molecule has 0 radical (unpaired) electrons. The average Bonchev–Trinajstić information content (AvgIpc) is 2.78. The summed E-state index contributed by atoms with van der Waals surface area (Å²) in [6.07, 6.45) is 5.61. The third-order valence-corrected chi connectivity index (χ3v) is 5.25. The molecule has 7 nitrogen and oxygen atoms in total. The van der Waals surface area contributed by atoms with E-state index in [1.165, 1.54) is 13.3 Å². The number of benzene rings is 1. The Bertz CT molecular complexity index is 884. The number of amides is 2. The highest BCUT2D eigenvalue weighted by Gasteiger charge is 2.26. The summed E-state index contributed by atoms with van der Waals surface area (Å²) in [5.41, 5.74) is 1.12. The van der Waals surface area contributed by atoms with Gasteiger partial charge in [-0.15, -0.1) is 0 Å². The van der Waals surface area contributed by atoms with Gasteiger partial charge < -0.3 is 19.7 Å². The summed E-state index contributed by atoms with van der Waals surface area (Å²) in [4.78, 5) is 31.8. The zero-order valence-electron chi connectivity index (χ0n) is 17.1. The van der Waals surface area contributed by atoms with Crippen molar-refractivity contribution >= 4 is 17.5 Å². The molecule has 0 spiro atoms. The van der Waals surface area contributed by atoms with Crippen LogP contribution in [0.5, 0.6) is 11.5 Å². The summed E-state index contributed by atoms with van der Waals surface area (Å²) < 4.78 is 10.5. The summed E-state index contributed by atoms with van der Waals surface area (Å²) >= 11 is 0. The first-order valence-electron chi connectivity index (χ1n) is 9.87. The maximum absolute atomic E-state index is 13.0. The van der Waals surface area contributed by atoms with E-state index in [1.54, 1.807) is 37.4 Å². The molecule has 1 aromatic heterocycles. The second-order valence-electron chi connectivity index (χ2n) is 7.01. The zero-order valence-corrected chi connectivity index (χ0v) is 17.1. The van der Waals surface area contributed by atoms with E-state index >= 15 is 0 Å². The van der Waals surface area contributed by atoms with Crippen molar-refractivity contribution in [2.45, 2.75) is 38.6 Å². The van der Waals surface area contributed by atoms with Gasteiger partial charge >= 0.3 is 0 Å². The number of carbonyl (C=O) groups is 2. The third kappa shape index (κ3) is 4.67. The van der Waals surface area contributed by atoms with E-state index in [9.17, 15) is 9.59 Å².